The smallest absolute Gasteiger partial charge is 0.135 e. The quantitative estimate of drug-likeness (QED) is 0.152. The van der Waals surface area contributed by atoms with E-state index in [0.29, 0.717) is 0 Å². The molecule has 2 aromatic heterocycles. The Labute approximate surface area is 389 Å². The van der Waals surface area contributed by atoms with Crippen molar-refractivity contribution in [2.24, 2.45) is 0 Å². The van der Waals surface area contributed by atoms with Gasteiger partial charge >= 0.3 is 0 Å². The van der Waals surface area contributed by atoms with Crippen molar-refractivity contribution < 1.29 is 8.83 Å². The number of para-hydroxylation sites is 2. The van der Waals surface area contributed by atoms with E-state index in [0.717, 1.165) is 78.0 Å². The van der Waals surface area contributed by atoms with Crippen molar-refractivity contribution in [2.45, 2.75) is 19.3 Å². The monoisotopic (exact) mass is 860 g/mol. The van der Waals surface area contributed by atoms with Crippen LogP contribution in [0, 0.1) is 0 Å². The Morgan fingerprint density at radius 2 is 0.612 bits per heavy atom. The first-order valence-corrected chi connectivity index (χ1v) is 23.0. The average molecular weight is 861 g/mol. The molecular formula is C63H44N2O2. The predicted molar refractivity (Wildman–Crippen MR) is 279 cm³/mol. The zero-order chi connectivity index (χ0) is 44.6. The minimum atomic E-state index is -0.308. The Morgan fingerprint density at radius 3 is 1.06 bits per heavy atom. The third kappa shape index (κ3) is 6.44. The van der Waals surface area contributed by atoms with Crippen LogP contribution in [0.4, 0.5) is 34.1 Å². The third-order valence-corrected chi connectivity index (χ3v) is 13.9. The molecule has 0 atom stereocenters. The zero-order valence-corrected chi connectivity index (χ0v) is 37.2. The molecule has 0 saturated heterocycles. The van der Waals surface area contributed by atoms with Crippen LogP contribution >= 0.6 is 0 Å². The molecule has 4 heteroatoms. The lowest BCUT2D eigenvalue weighted by molar-refractivity contribution is 0.660. The van der Waals surface area contributed by atoms with Gasteiger partial charge in [0.25, 0.3) is 0 Å². The molecule has 0 spiro atoms. The molecule has 0 amide bonds. The molecular weight excluding hydrogens is 817 g/mol. The molecule has 10 aromatic carbocycles. The van der Waals surface area contributed by atoms with Crippen LogP contribution in [0.25, 0.3) is 77.3 Å². The number of fused-ring (bicyclic) bond motifs is 9. The van der Waals surface area contributed by atoms with Crippen molar-refractivity contribution in [1.82, 2.24) is 0 Å². The van der Waals surface area contributed by atoms with Crippen LogP contribution < -0.4 is 9.80 Å². The van der Waals surface area contributed by atoms with Gasteiger partial charge in [0.15, 0.2) is 0 Å². The summed E-state index contributed by atoms with van der Waals surface area (Å²) in [6, 6.07) is 82.8. The van der Waals surface area contributed by atoms with Crippen LogP contribution in [-0.4, -0.2) is 0 Å². The van der Waals surface area contributed by atoms with Gasteiger partial charge in [-0.15, -0.1) is 0 Å². The van der Waals surface area contributed by atoms with Gasteiger partial charge in [-0.1, -0.05) is 147 Å². The van der Waals surface area contributed by atoms with Gasteiger partial charge < -0.3 is 18.6 Å². The van der Waals surface area contributed by atoms with E-state index in [1.165, 1.54) is 44.5 Å². The number of hydrogen-bond acceptors (Lipinski definition) is 4. The van der Waals surface area contributed by atoms with Crippen molar-refractivity contribution >= 4 is 78.0 Å². The molecule has 1 aliphatic carbocycles. The fourth-order valence-corrected chi connectivity index (χ4v) is 10.5. The standard InChI is InChI=1S/C63H44N2O2/c1-63(2)57-39-49(64(45-25-21-43(22-26-45)41-13-5-3-6-14-41)46-27-23-44(24-28-46)42-15-7-4-8-16-42)29-33-51(57)52-34-30-50(40-58(52)63)65(47-31-35-61-55(37-47)53-17-9-11-19-59(53)66-61)48-32-36-62-56(38-48)54-18-10-12-20-60(54)67-62/h3-40H,1-2H3. The number of hydrogen-bond donors (Lipinski definition) is 0. The lowest BCUT2D eigenvalue weighted by Crippen LogP contribution is -2.17. The predicted octanol–water partition coefficient (Wildman–Crippen LogP) is 18.1. The summed E-state index contributed by atoms with van der Waals surface area (Å²) in [4.78, 5) is 4.77. The second-order valence-electron chi connectivity index (χ2n) is 18.1. The van der Waals surface area contributed by atoms with Gasteiger partial charge in [0.05, 0.1) is 0 Å². The minimum absolute atomic E-state index is 0.308. The maximum absolute atomic E-state index is 6.31. The summed E-state index contributed by atoms with van der Waals surface area (Å²) in [6.07, 6.45) is 0. The highest BCUT2D eigenvalue weighted by Crippen LogP contribution is 2.53. The molecule has 0 unspecified atom stereocenters. The molecule has 0 N–H and O–H groups in total. The van der Waals surface area contributed by atoms with Gasteiger partial charge in [0.2, 0.25) is 0 Å². The van der Waals surface area contributed by atoms with E-state index in [9.17, 15) is 0 Å². The van der Waals surface area contributed by atoms with Crippen LogP contribution in [0.15, 0.2) is 239 Å². The Balaban J connectivity index is 0.928. The summed E-state index contributed by atoms with van der Waals surface area (Å²) >= 11 is 0. The average Bonchev–Trinajstić information content (AvgIpc) is 4.02. The number of anilines is 6. The Hall–Kier alpha value is -8.60. The van der Waals surface area contributed by atoms with Gasteiger partial charge in [0, 0.05) is 61.1 Å². The Morgan fingerprint density at radius 1 is 0.284 bits per heavy atom. The molecule has 4 nitrogen and oxygen atoms in total. The second kappa shape index (κ2) is 15.3. The van der Waals surface area contributed by atoms with Crippen molar-refractivity contribution in [3.63, 3.8) is 0 Å². The van der Waals surface area contributed by atoms with E-state index in [4.69, 9.17) is 8.83 Å². The highest BCUT2D eigenvalue weighted by molar-refractivity contribution is 6.08. The topological polar surface area (TPSA) is 32.8 Å². The largest absolute Gasteiger partial charge is 0.456 e. The van der Waals surface area contributed by atoms with E-state index < -0.39 is 0 Å². The SMILES string of the molecule is CC1(C)c2cc(N(c3ccc(-c4ccccc4)cc3)c3ccc(-c4ccccc4)cc3)ccc2-c2ccc(N(c3ccc4oc5ccccc5c4c3)c3ccc4oc5ccccc5c4c3)cc21. The fourth-order valence-electron chi connectivity index (χ4n) is 10.5. The van der Waals surface area contributed by atoms with Crippen LogP contribution in [0.5, 0.6) is 0 Å². The van der Waals surface area contributed by atoms with Crippen LogP contribution in [-0.2, 0) is 5.41 Å². The second-order valence-corrected chi connectivity index (χ2v) is 18.1. The summed E-state index contributed by atoms with van der Waals surface area (Å²) < 4.78 is 12.6. The van der Waals surface area contributed by atoms with E-state index in [1.807, 2.05) is 24.3 Å². The maximum Gasteiger partial charge on any atom is 0.135 e. The summed E-state index contributed by atoms with van der Waals surface area (Å²) in [5.41, 5.74) is 19.6. The Bertz CT molecular complexity index is 3630. The first-order chi connectivity index (χ1) is 32.9. The van der Waals surface area contributed by atoms with Crippen LogP contribution in [0.1, 0.15) is 25.0 Å². The molecule has 67 heavy (non-hydrogen) atoms. The van der Waals surface area contributed by atoms with Crippen molar-refractivity contribution in [3.8, 4) is 33.4 Å². The first-order valence-electron chi connectivity index (χ1n) is 23.0. The summed E-state index contributed by atoms with van der Waals surface area (Å²) in [5.74, 6) is 0. The van der Waals surface area contributed by atoms with Crippen molar-refractivity contribution in [3.05, 3.63) is 242 Å². The van der Waals surface area contributed by atoms with E-state index >= 15 is 0 Å². The van der Waals surface area contributed by atoms with Gasteiger partial charge in [-0.2, -0.15) is 0 Å². The fraction of sp³-hybridized carbons (Fsp3) is 0.0476. The van der Waals surface area contributed by atoms with Crippen LogP contribution in [0.2, 0.25) is 0 Å². The number of benzene rings is 10. The highest BCUT2D eigenvalue weighted by atomic mass is 16.3. The maximum atomic E-state index is 6.31. The van der Waals surface area contributed by atoms with Crippen molar-refractivity contribution in [2.75, 3.05) is 9.80 Å². The lowest BCUT2D eigenvalue weighted by Gasteiger charge is -2.29. The molecule has 0 bridgehead atoms. The summed E-state index contributed by atoms with van der Waals surface area (Å²) in [6.45, 7) is 4.74. The molecule has 1 aliphatic rings. The van der Waals surface area contributed by atoms with Crippen molar-refractivity contribution in [1.29, 1.82) is 0 Å². The first kappa shape index (κ1) is 38.8. The third-order valence-electron chi connectivity index (χ3n) is 13.9. The van der Waals surface area contributed by atoms with Gasteiger partial charge in [0.1, 0.15) is 22.3 Å². The number of nitrogens with zero attached hydrogens (tertiary/aromatic N) is 2. The highest BCUT2D eigenvalue weighted by Gasteiger charge is 2.37. The molecule has 0 fully saturated rings. The lowest BCUT2D eigenvalue weighted by atomic mass is 9.82. The van der Waals surface area contributed by atoms with Crippen LogP contribution in [0.3, 0.4) is 0 Å². The van der Waals surface area contributed by atoms with Gasteiger partial charge in [-0.05, 0) is 142 Å². The minimum Gasteiger partial charge on any atom is -0.456 e. The molecule has 0 radical (unpaired) electrons. The summed E-state index contributed by atoms with van der Waals surface area (Å²) in [7, 11) is 0. The van der Waals surface area contributed by atoms with Gasteiger partial charge in [-0.25, -0.2) is 0 Å². The molecule has 0 aliphatic heterocycles. The van der Waals surface area contributed by atoms with E-state index in [2.05, 4.69) is 230 Å². The van der Waals surface area contributed by atoms with Gasteiger partial charge in [-0.3, -0.25) is 0 Å². The molecule has 0 saturated carbocycles. The normalized spacial score (nSPS) is 12.7. The molecule has 12 aromatic rings. The van der Waals surface area contributed by atoms with E-state index in [1.54, 1.807) is 0 Å². The summed E-state index contributed by atoms with van der Waals surface area (Å²) in [5, 5.41) is 4.38. The number of furan rings is 2. The molecule has 318 valence electrons. The molecule has 2 heterocycles. The Kier molecular flexibility index (Phi) is 8.84. The zero-order valence-electron chi connectivity index (χ0n) is 37.2. The van der Waals surface area contributed by atoms with E-state index in [-0.39, 0.29) is 5.41 Å². The number of rotatable bonds is 8. The molecule has 13 rings (SSSR count).